The van der Waals surface area contributed by atoms with Gasteiger partial charge < -0.3 is 9.88 Å². The number of hydrogen-bond donors (Lipinski definition) is 1. The van der Waals surface area contributed by atoms with Crippen molar-refractivity contribution < 1.29 is 4.39 Å². The van der Waals surface area contributed by atoms with E-state index in [1.54, 1.807) is 0 Å². The Labute approximate surface area is 153 Å². The van der Waals surface area contributed by atoms with Gasteiger partial charge in [0.1, 0.15) is 5.82 Å². The van der Waals surface area contributed by atoms with Crippen molar-refractivity contribution in [1.29, 1.82) is 0 Å². The van der Waals surface area contributed by atoms with Gasteiger partial charge in [-0.3, -0.25) is 0 Å². The van der Waals surface area contributed by atoms with Crippen molar-refractivity contribution >= 4 is 29.1 Å². The largest absolute Gasteiger partial charge is 0.364 e. The summed E-state index contributed by atoms with van der Waals surface area (Å²) in [5.74, 6) is 1.51. The van der Waals surface area contributed by atoms with Gasteiger partial charge in [0.05, 0.1) is 5.52 Å². The molecule has 0 aliphatic heterocycles. The first-order valence-corrected chi connectivity index (χ1v) is 8.56. The number of halogens is 2. The summed E-state index contributed by atoms with van der Waals surface area (Å²) in [6, 6.07) is 8.71. The molecule has 0 amide bonds. The maximum atomic E-state index is 13.0. The smallest absolute Gasteiger partial charge is 0.150 e. The molecule has 2 heterocycles. The van der Waals surface area contributed by atoms with Crippen molar-refractivity contribution in [2.24, 2.45) is 5.92 Å². The van der Waals surface area contributed by atoms with E-state index in [-0.39, 0.29) is 18.2 Å². The van der Waals surface area contributed by atoms with Gasteiger partial charge in [0.25, 0.3) is 0 Å². The fourth-order valence-electron chi connectivity index (χ4n) is 3.30. The van der Waals surface area contributed by atoms with Crippen LogP contribution in [0.15, 0.2) is 36.5 Å². The van der Waals surface area contributed by atoms with E-state index >= 15 is 0 Å². The Morgan fingerprint density at radius 3 is 2.56 bits per heavy atom. The number of nitrogens with zero attached hydrogens (tertiary/aromatic N) is 2. The molecule has 1 fully saturated rings. The lowest BCUT2D eigenvalue weighted by Gasteiger charge is -2.12. The molecule has 1 saturated carbocycles. The minimum atomic E-state index is -0.205. The van der Waals surface area contributed by atoms with E-state index in [2.05, 4.69) is 34.8 Å². The molecule has 4 rings (SSSR count). The lowest BCUT2D eigenvalue weighted by atomic mass is 10.2. The first-order valence-electron chi connectivity index (χ1n) is 8.56. The maximum absolute atomic E-state index is 13.0. The highest BCUT2D eigenvalue weighted by Crippen LogP contribution is 2.36. The molecule has 1 aromatic carbocycles. The molecule has 0 spiro atoms. The second-order valence-electron chi connectivity index (χ2n) is 6.80. The van der Waals surface area contributed by atoms with Gasteiger partial charge in [-0.2, -0.15) is 0 Å². The standard InChI is InChI=1S/C20H22FN3.ClH/c1-13-14(2)24(12-16-3-4-16)19-18(13)9-10-22-20(19)23-11-15-5-7-17(21)8-6-15;/h5-10,16H,3-4,11-12H2,1-2H3,(H,22,23);1H. The number of fused-ring (bicyclic) bond motifs is 1. The Kier molecular flexibility index (Phi) is 5.00. The van der Waals surface area contributed by atoms with E-state index in [9.17, 15) is 4.39 Å². The molecular formula is C20H23ClFN3. The van der Waals surface area contributed by atoms with Gasteiger partial charge >= 0.3 is 0 Å². The van der Waals surface area contributed by atoms with Crippen LogP contribution in [0.2, 0.25) is 0 Å². The van der Waals surface area contributed by atoms with E-state index in [1.165, 1.54) is 47.1 Å². The number of hydrogen-bond acceptors (Lipinski definition) is 2. The molecule has 0 radical (unpaired) electrons. The van der Waals surface area contributed by atoms with Gasteiger partial charge in [-0.1, -0.05) is 12.1 Å². The lowest BCUT2D eigenvalue weighted by Crippen LogP contribution is -2.07. The summed E-state index contributed by atoms with van der Waals surface area (Å²) in [5, 5.41) is 4.71. The predicted octanol–water partition coefficient (Wildman–Crippen LogP) is 5.24. The quantitative estimate of drug-likeness (QED) is 0.675. The van der Waals surface area contributed by atoms with Crippen LogP contribution in [0.5, 0.6) is 0 Å². The van der Waals surface area contributed by atoms with E-state index < -0.39 is 0 Å². The number of aryl methyl sites for hydroxylation is 1. The van der Waals surface area contributed by atoms with Crippen LogP contribution < -0.4 is 5.32 Å². The minimum absolute atomic E-state index is 0. The van der Waals surface area contributed by atoms with Crippen LogP contribution in [0.3, 0.4) is 0 Å². The Morgan fingerprint density at radius 2 is 1.88 bits per heavy atom. The number of anilines is 1. The molecule has 1 N–H and O–H groups in total. The van der Waals surface area contributed by atoms with Crippen molar-refractivity contribution in [3.63, 3.8) is 0 Å². The zero-order chi connectivity index (χ0) is 16.7. The second-order valence-corrected chi connectivity index (χ2v) is 6.80. The SMILES string of the molecule is Cc1c(C)n(CC2CC2)c2c(NCc3ccc(F)cc3)nccc12.Cl. The normalized spacial score (nSPS) is 13.7. The van der Waals surface area contributed by atoms with Gasteiger partial charge in [0.2, 0.25) is 0 Å². The van der Waals surface area contributed by atoms with Crippen LogP contribution in [0.25, 0.3) is 10.9 Å². The summed E-state index contributed by atoms with van der Waals surface area (Å²) in [5.41, 5.74) is 4.90. The molecular weight excluding hydrogens is 337 g/mol. The zero-order valence-electron chi connectivity index (χ0n) is 14.6. The van der Waals surface area contributed by atoms with Gasteiger partial charge in [-0.05, 0) is 61.9 Å². The van der Waals surface area contributed by atoms with E-state index in [1.807, 2.05) is 18.3 Å². The summed E-state index contributed by atoms with van der Waals surface area (Å²) >= 11 is 0. The summed E-state index contributed by atoms with van der Waals surface area (Å²) in [4.78, 5) is 4.58. The Balaban J connectivity index is 0.00000182. The molecule has 1 aliphatic carbocycles. The van der Waals surface area contributed by atoms with Crippen molar-refractivity contribution in [3.05, 3.63) is 59.2 Å². The first kappa shape index (κ1) is 17.7. The number of benzene rings is 1. The van der Waals surface area contributed by atoms with Gasteiger partial charge in [0.15, 0.2) is 5.82 Å². The first-order chi connectivity index (χ1) is 11.6. The highest BCUT2D eigenvalue weighted by molar-refractivity contribution is 5.93. The van der Waals surface area contributed by atoms with Crippen LogP contribution in [0.1, 0.15) is 29.7 Å². The topological polar surface area (TPSA) is 29.9 Å². The van der Waals surface area contributed by atoms with E-state index in [4.69, 9.17) is 0 Å². The van der Waals surface area contributed by atoms with Gasteiger partial charge in [-0.15, -0.1) is 12.4 Å². The Hall–Kier alpha value is -2.07. The molecule has 25 heavy (non-hydrogen) atoms. The fourth-order valence-corrected chi connectivity index (χ4v) is 3.30. The predicted molar refractivity (Wildman–Crippen MR) is 103 cm³/mol. The highest BCUT2D eigenvalue weighted by atomic mass is 35.5. The molecule has 3 aromatic rings. The Bertz CT molecular complexity index is 882. The van der Waals surface area contributed by atoms with Crippen LogP contribution in [-0.2, 0) is 13.1 Å². The van der Waals surface area contributed by atoms with Crippen molar-refractivity contribution in [1.82, 2.24) is 9.55 Å². The molecule has 5 heteroatoms. The third-order valence-electron chi connectivity index (χ3n) is 5.06. The van der Waals surface area contributed by atoms with Crippen LogP contribution in [0, 0.1) is 25.6 Å². The lowest BCUT2D eigenvalue weighted by molar-refractivity contribution is 0.627. The molecule has 0 atom stereocenters. The monoisotopic (exact) mass is 359 g/mol. The summed E-state index contributed by atoms with van der Waals surface area (Å²) < 4.78 is 15.5. The molecule has 3 nitrogen and oxygen atoms in total. The van der Waals surface area contributed by atoms with Crippen molar-refractivity contribution in [3.8, 4) is 0 Å². The zero-order valence-corrected chi connectivity index (χ0v) is 15.4. The minimum Gasteiger partial charge on any atom is -0.364 e. The van der Waals surface area contributed by atoms with Gasteiger partial charge in [-0.25, -0.2) is 9.37 Å². The van der Waals surface area contributed by atoms with Crippen molar-refractivity contribution in [2.45, 2.75) is 39.8 Å². The molecule has 0 saturated heterocycles. The molecule has 1 aliphatic rings. The van der Waals surface area contributed by atoms with E-state index in [0.717, 1.165) is 23.8 Å². The van der Waals surface area contributed by atoms with Crippen molar-refractivity contribution in [2.75, 3.05) is 5.32 Å². The highest BCUT2D eigenvalue weighted by Gasteiger charge is 2.25. The number of pyridine rings is 1. The van der Waals surface area contributed by atoms with E-state index in [0.29, 0.717) is 6.54 Å². The third kappa shape index (κ3) is 3.49. The number of rotatable bonds is 5. The molecule has 0 unspecified atom stereocenters. The number of aromatic nitrogens is 2. The third-order valence-corrected chi connectivity index (χ3v) is 5.06. The molecule has 0 bridgehead atoms. The Morgan fingerprint density at radius 1 is 1.16 bits per heavy atom. The van der Waals surface area contributed by atoms with Crippen LogP contribution in [-0.4, -0.2) is 9.55 Å². The number of nitrogens with one attached hydrogen (secondary N) is 1. The summed E-state index contributed by atoms with van der Waals surface area (Å²) in [6.07, 6.45) is 4.52. The molecule has 2 aromatic heterocycles. The molecule has 132 valence electrons. The fraction of sp³-hybridized carbons (Fsp3) is 0.350. The average Bonchev–Trinajstić information content (AvgIpc) is 3.38. The van der Waals surface area contributed by atoms with Crippen LogP contribution in [0.4, 0.5) is 10.2 Å². The van der Waals surface area contributed by atoms with Crippen LogP contribution >= 0.6 is 12.4 Å². The van der Waals surface area contributed by atoms with Gasteiger partial charge in [0, 0.05) is 30.4 Å². The summed E-state index contributed by atoms with van der Waals surface area (Å²) in [7, 11) is 0. The maximum Gasteiger partial charge on any atom is 0.150 e. The average molecular weight is 360 g/mol. The second kappa shape index (κ2) is 7.04. The summed E-state index contributed by atoms with van der Waals surface area (Å²) in [6.45, 7) is 6.10.